The van der Waals surface area contributed by atoms with E-state index in [1.807, 2.05) is 0 Å². The Labute approximate surface area is 190 Å². The molecule has 1 fully saturated rings. The quantitative estimate of drug-likeness (QED) is 0.211. The lowest BCUT2D eigenvalue weighted by Gasteiger charge is -2.28. The van der Waals surface area contributed by atoms with Gasteiger partial charge in [-0.25, -0.2) is 9.78 Å². The number of aliphatic carboxylic acids is 1. The van der Waals surface area contributed by atoms with Crippen LogP contribution in [0.5, 0.6) is 0 Å². The molecule has 2 heterocycles. The maximum Gasteiger partial charge on any atom is 0.326 e. The number of rotatable bonds is 11. The zero-order valence-corrected chi connectivity index (χ0v) is 18.6. The number of hydrogen-bond donors (Lipinski definition) is 6. The second kappa shape index (κ2) is 11.4. The molecule has 1 saturated heterocycles. The third-order valence-corrected chi connectivity index (χ3v) is 5.47. The van der Waals surface area contributed by atoms with Gasteiger partial charge in [-0.1, -0.05) is 13.8 Å². The molecule has 1 aliphatic heterocycles. The van der Waals surface area contributed by atoms with E-state index in [1.54, 1.807) is 13.8 Å². The van der Waals surface area contributed by atoms with Crippen LogP contribution in [-0.2, 0) is 30.4 Å². The number of carbonyl (C=O) groups is 5. The van der Waals surface area contributed by atoms with Crippen LogP contribution in [0.2, 0.25) is 0 Å². The number of imidazole rings is 1. The van der Waals surface area contributed by atoms with E-state index in [9.17, 15) is 29.1 Å². The first-order valence-corrected chi connectivity index (χ1v) is 10.7. The van der Waals surface area contributed by atoms with Crippen molar-refractivity contribution < 1.29 is 29.1 Å². The van der Waals surface area contributed by atoms with Gasteiger partial charge in [0.2, 0.25) is 23.6 Å². The van der Waals surface area contributed by atoms with Crippen molar-refractivity contribution >= 4 is 29.6 Å². The first-order chi connectivity index (χ1) is 15.5. The van der Waals surface area contributed by atoms with Crippen LogP contribution >= 0.6 is 0 Å². The highest BCUT2D eigenvalue weighted by atomic mass is 16.4. The molecular weight excluding hydrogens is 434 g/mol. The summed E-state index contributed by atoms with van der Waals surface area (Å²) in [5.74, 6) is -4.24. The predicted octanol–water partition coefficient (Wildman–Crippen LogP) is -2.14. The van der Waals surface area contributed by atoms with Gasteiger partial charge in [-0.3, -0.25) is 19.2 Å². The Morgan fingerprint density at radius 1 is 1.21 bits per heavy atom. The molecule has 33 heavy (non-hydrogen) atoms. The molecule has 0 radical (unpaired) electrons. The van der Waals surface area contributed by atoms with Gasteiger partial charge in [-0.15, -0.1) is 0 Å². The Hall–Kier alpha value is -3.48. The van der Waals surface area contributed by atoms with Crippen molar-refractivity contribution in [3.05, 3.63) is 18.2 Å². The van der Waals surface area contributed by atoms with Gasteiger partial charge in [0.25, 0.3) is 0 Å². The summed E-state index contributed by atoms with van der Waals surface area (Å²) in [5.41, 5.74) is 11.6. The van der Waals surface area contributed by atoms with E-state index >= 15 is 0 Å². The van der Waals surface area contributed by atoms with Gasteiger partial charge in [0.1, 0.15) is 18.1 Å². The standard InChI is InChI=1S/C20H31N7O6/c1-10(2)16(22)18(30)25-12(7-15(21)28)17(29)26-13(6-11-8-23-9-24-11)19(31)27-5-3-4-14(27)20(32)33/h8-10,12-14,16H,3-7,22H2,1-2H3,(H2,21,28)(H,23,24)(H,25,30)(H,26,29)(H,32,33). The molecule has 0 saturated carbocycles. The number of likely N-dealkylation sites (tertiary alicyclic amines) is 1. The number of primary amides is 1. The molecule has 13 nitrogen and oxygen atoms in total. The fraction of sp³-hybridized carbons (Fsp3) is 0.600. The van der Waals surface area contributed by atoms with Crippen LogP contribution in [0.1, 0.15) is 38.8 Å². The number of nitrogens with two attached hydrogens (primary N) is 2. The normalized spacial score (nSPS) is 18.4. The number of aromatic nitrogens is 2. The summed E-state index contributed by atoms with van der Waals surface area (Å²) in [6, 6.07) is -4.44. The monoisotopic (exact) mass is 465 g/mol. The smallest absolute Gasteiger partial charge is 0.326 e. The van der Waals surface area contributed by atoms with Crippen LogP contribution in [-0.4, -0.2) is 80.3 Å². The van der Waals surface area contributed by atoms with Crippen LogP contribution in [0.25, 0.3) is 0 Å². The molecule has 1 aromatic rings. The second-order valence-corrected chi connectivity index (χ2v) is 8.37. The highest BCUT2D eigenvalue weighted by Crippen LogP contribution is 2.19. The van der Waals surface area contributed by atoms with Crippen LogP contribution in [0.4, 0.5) is 0 Å². The van der Waals surface area contributed by atoms with Crippen LogP contribution < -0.4 is 22.1 Å². The third kappa shape index (κ3) is 7.00. The van der Waals surface area contributed by atoms with E-state index < -0.39 is 60.2 Å². The average molecular weight is 466 g/mol. The van der Waals surface area contributed by atoms with Crippen LogP contribution in [0, 0.1) is 5.92 Å². The lowest BCUT2D eigenvalue weighted by molar-refractivity contribution is -0.149. The van der Waals surface area contributed by atoms with Crippen molar-refractivity contribution in [1.29, 1.82) is 0 Å². The van der Waals surface area contributed by atoms with Crippen molar-refractivity contribution in [3.63, 3.8) is 0 Å². The van der Waals surface area contributed by atoms with E-state index in [2.05, 4.69) is 20.6 Å². The maximum atomic E-state index is 13.2. The maximum absolute atomic E-state index is 13.2. The van der Waals surface area contributed by atoms with Gasteiger partial charge in [0.05, 0.1) is 18.8 Å². The van der Waals surface area contributed by atoms with Gasteiger partial charge in [0.15, 0.2) is 0 Å². The highest BCUT2D eigenvalue weighted by Gasteiger charge is 2.38. The molecule has 0 aromatic carbocycles. The Kier molecular flexibility index (Phi) is 8.91. The van der Waals surface area contributed by atoms with Crippen molar-refractivity contribution in [2.75, 3.05) is 6.54 Å². The second-order valence-electron chi connectivity index (χ2n) is 8.37. The van der Waals surface area contributed by atoms with E-state index in [-0.39, 0.29) is 18.9 Å². The molecule has 4 atom stereocenters. The number of hydrogen-bond acceptors (Lipinski definition) is 7. The lowest BCUT2D eigenvalue weighted by Crippen LogP contribution is -2.58. The summed E-state index contributed by atoms with van der Waals surface area (Å²) >= 11 is 0. The molecular formula is C20H31N7O6. The first kappa shape index (κ1) is 25.8. The molecule has 4 unspecified atom stereocenters. The fourth-order valence-electron chi connectivity index (χ4n) is 3.56. The minimum atomic E-state index is -1.36. The van der Waals surface area contributed by atoms with Crippen molar-refractivity contribution in [1.82, 2.24) is 25.5 Å². The minimum absolute atomic E-state index is 0.00381. The summed E-state index contributed by atoms with van der Waals surface area (Å²) < 4.78 is 0. The summed E-state index contributed by atoms with van der Waals surface area (Å²) in [5, 5.41) is 14.4. The Morgan fingerprint density at radius 2 is 1.88 bits per heavy atom. The molecule has 8 N–H and O–H groups in total. The predicted molar refractivity (Wildman–Crippen MR) is 115 cm³/mol. The third-order valence-electron chi connectivity index (χ3n) is 5.47. The zero-order valence-electron chi connectivity index (χ0n) is 18.6. The first-order valence-electron chi connectivity index (χ1n) is 10.7. The number of nitrogens with one attached hydrogen (secondary N) is 3. The Bertz CT molecular complexity index is 872. The number of carbonyl (C=O) groups excluding carboxylic acids is 4. The van der Waals surface area contributed by atoms with Gasteiger partial charge < -0.3 is 37.1 Å². The molecule has 0 aliphatic carbocycles. The molecule has 182 valence electrons. The van der Waals surface area contributed by atoms with Crippen molar-refractivity contribution in [3.8, 4) is 0 Å². The number of aromatic amines is 1. The summed E-state index contributed by atoms with van der Waals surface area (Å²) in [4.78, 5) is 69.5. The van der Waals surface area contributed by atoms with Gasteiger partial charge in [-0.05, 0) is 18.8 Å². The SMILES string of the molecule is CC(C)C(N)C(=O)NC(CC(N)=O)C(=O)NC(Cc1cnc[nH]1)C(=O)N1CCCC1C(=O)O. The minimum Gasteiger partial charge on any atom is -0.480 e. The van der Waals surface area contributed by atoms with Crippen molar-refractivity contribution in [2.24, 2.45) is 17.4 Å². The number of H-pyrrole nitrogens is 1. The van der Waals surface area contributed by atoms with E-state index in [0.717, 1.165) is 0 Å². The molecule has 1 aromatic heterocycles. The zero-order chi connectivity index (χ0) is 24.7. The summed E-state index contributed by atoms with van der Waals surface area (Å²) in [7, 11) is 0. The largest absolute Gasteiger partial charge is 0.480 e. The van der Waals surface area contributed by atoms with Crippen molar-refractivity contribution in [2.45, 2.75) is 63.7 Å². The molecule has 1 aliphatic rings. The Balaban J connectivity index is 2.23. The molecule has 0 bridgehead atoms. The lowest BCUT2D eigenvalue weighted by atomic mass is 10.0. The highest BCUT2D eigenvalue weighted by molar-refractivity contribution is 5.96. The molecule has 2 rings (SSSR count). The van der Waals surface area contributed by atoms with E-state index in [4.69, 9.17) is 11.5 Å². The summed E-state index contributed by atoms with van der Waals surface area (Å²) in [6.07, 6.45) is 3.18. The number of amides is 4. The number of carboxylic acid groups (broad SMARTS) is 1. The summed E-state index contributed by atoms with van der Waals surface area (Å²) in [6.45, 7) is 3.68. The van der Waals surface area contributed by atoms with E-state index in [1.165, 1.54) is 17.4 Å². The average Bonchev–Trinajstić information content (AvgIpc) is 3.43. The fourth-order valence-corrected chi connectivity index (χ4v) is 3.56. The topological polar surface area (TPSA) is 214 Å². The van der Waals surface area contributed by atoms with E-state index in [0.29, 0.717) is 18.5 Å². The number of carboxylic acids is 1. The van der Waals surface area contributed by atoms with Gasteiger partial charge in [-0.2, -0.15) is 0 Å². The molecule has 13 heteroatoms. The Morgan fingerprint density at radius 3 is 2.42 bits per heavy atom. The van der Waals surface area contributed by atoms with Crippen LogP contribution in [0.3, 0.4) is 0 Å². The van der Waals surface area contributed by atoms with Crippen LogP contribution in [0.15, 0.2) is 12.5 Å². The number of nitrogens with zero attached hydrogens (tertiary/aromatic N) is 2. The van der Waals surface area contributed by atoms with Gasteiger partial charge in [0, 0.05) is 24.9 Å². The van der Waals surface area contributed by atoms with Gasteiger partial charge >= 0.3 is 5.97 Å². The molecule has 4 amide bonds. The molecule has 0 spiro atoms.